The van der Waals surface area contributed by atoms with Gasteiger partial charge in [0.1, 0.15) is 5.76 Å². The Kier molecular flexibility index (Phi) is 5.30. The second-order valence-corrected chi connectivity index (χ2v) is 6.78. The van der Waals surface area contributed by atoms with Gasteiger partial charge in [-0.3, -0.25) is 0 Å². The van der Waals surface area contributed by atoms with Crippen molar-refractivity contribution in [3.8, 4) is 0 Å². The first-order valence-electron chi connectivity index (χ1n) is 6.44. The molecule has 3 nitrogen and oxygen atoms in total. The fraction of sp³-hybridized carbons (Fsp3) is 0.692. The summed E-state index contributed by atoms with van der Waals surface area (Å²) in [6, 6.07) is 2.68. The zero-order valence-corrected chi connectivity index (χ0v) is 14.1. The van der Waals surface area contributed by atoms with Crippen molar-refractivity contribution >= 4 is 31.9 Å². The summed E-state index contributed by atoms with van der Waals surface area (Å²) in [5.41, 5.74) is 0. The van der Waals surface area contributed by atoms with Crippen molar-refractivity contribution in [1.82, 2.24) is 10.2 Å². The zero-order chi connectivity index (χ0) is 13.1. The first-order valence-corrected chi connectivity index (χ1v) is 8.03. The lowest BCUT2D eigenvalue weighted by atomic mass is 10.1. The molecule has 1 saturated heterocycles. The minimum absolute atomic E-state index is 0.673. The van der Waals surface area contributed by atoms with Crippen LogP contribution in [-0.4, -0.2) is 30.6 Å². The van der Waals surface area contributed by atoms with Gasteiger partial charge in [-0.15, -0.1) is 0 Å². The van der Waals surface area contributed by atoms with Gasteiger partial charge < -0.3 is 14.6 Å². The summed E-state index contributed by atoms with van der Waals surface area (Å²) in [4.78, 5) is 2.55. The number of hydrogen-bond donors (Lipinski definition) is 1. The topological polar surface area (TPSA) is 28.4 Å². The molecule has 1 atom stereocenters. The summed E-state index contributed by atoms with van der Waals surface area (Å²) < 4.78 is 7.28. The molecule has 0 bridgehead atoms. The lowest BCUT2D eigenvalue weighted by Crippen LogP contribution is -2.30. The van der Waals surface area contributed by atoms with E-state index in [1.54, 1.807) is 0 Å². The number of rotatable bonds is 5. The van der Waals surface area contributed by atoms with E-state index in [2.05, 4.69) is 55.9 Å². The van der Waals surface area contributed by atoms with Gasteiger partial charge in [0.05, 0.1) is 11.0 Å². The molecule has 1 aliphatic heterocycles. The maximum atomic E-state index is 5.54. The smallest absolute Gasteiger partial charge is 0.183 e. The highest BCUT2D eigenvalue weighted by atomic mass is 79.9. The molecule has 0 saturated carbocycles. The molecule has 2 heterocycles. The Morgan fingerprint density at radius 1 is 1.50 bits per heavy atom. The Labute approximate surface area is 126 Å². The number of halogens is 2. The Morgan fingerprint density at radius 2 is 2.28 bits per heavy atom. The average molecular weight is 380 g/mol. The van der Waals surface area contributed by atoms with Crippen LogP contribution in [0.5, 0.6) is 0 Å². The van der Waals surface area contributed by atoms with Crippen molar-refractivity contribution in [2.45, 2.75) is 32.9 Å². The molecule has 0 aliphatic carbocycles. The van der Waals surface area contributed by atoms with Crippen LogP contribution in [-0.2, 0) is 6.54 Å². The van der Waals surface area contributed by atoms with Gasteiger partial charge in [-0.05, 0) is 77.2 Å². The van der Waals surface area contributed by atoms with Crippen molar-refractivity contribution in [3.63, 3.8) is 0 Å². The molecule has 1 fully saturated rings. The molecule has 0 amide bonds. The predicted octanol–water partition coefficient (Wildman–Crippen LogP) is 3.62. The summed E-state index contributed by atoms with van der Waals surface area (Å²) in [6.07, 6.45) is 1.30. The fourth-order valence-electron chi connectivity index (χ4n) is 2.38. The molecule has 0 radical (unpaired) electrons. The molecule has 5 heteroatoms. The Bertz CT molecular complexity index is 373. The van der Waals surface area contributed by atoms with Gasteiger partial charge in [-0.2, -0.15) is 0 Å². The third-order valence-electron chi connectivity index (χ3n) is 3.48. The van der Waals surface area contributed by atoms with Crippen molar-refractivity contribution in [1.29, 1.82) is 0 Å². The van der Waals surface area contributed by atoms with Crippen molar-refractivity contribution in [2.24, 2.45) is 5.92 Å². The van der Waals surface area contributed by atoms with Crippen molar-refractivity contribution in [2.75, 3.05) is 19.6 Å². The number of nitrogens with one attached hydrogen (secondary N) is 1. The number of likely N-dealkylation sites (tertiary alicyclic amines) is 1. The minimum Gasteiger partial charge on any atom is -0.452 e. The van der Waals surface area contributed by atoms with Gasteiger partial charge in [-0.1, -0.05) is 0 Å². The van der Waals surface area contributed by atoms with E-state index in [0.717, 1.165) is 33.9 Å². The largest absolute Gasteiger partial charge is 0.452 e. The van der Waals surface area contributed by atoms with Gasteiger partial charge in [0.15, 0.2) is 4.67 Å². The number of nitrogens with zero attached hydrogens (tertiary/aromatic N) is 1. The van der Waals surface area contributed by atoms with Crippen LogP contribution in [0.25, 0.3) is 0 Å². The molecule has 1 N–H and O–H groups in total. The quantitative estimate of drug-likeness (QED) is 0.846. The van der Waals surface area contributed by atoms with Crippen LogP contribution in [0.15, 0.2) is 19.6 Å². The lowest BCUT2D eigenvalue weighted by Gasteiger charge is -2.20. The van der Waals surface area contributed by atoms with Crippen molar-refractivity contribution in [3.05, 3.63) is 21.0 Å². The second kappa shape index (κ2) is 6.55. The lowest BCUT2D eigenvalue weighted by molar-refractivity contribution is 0.263. The molecule has 2 rings (SSSR count). The third kappa shape index (κ3) is 3.83. The summed E-state index contributed by atoms with van der Waals surface area (Å²) in [5.74, 6) is 1.74. The molecule has 1 aromatic rings. The van der Waals surface area contributed by atoms with E-state index in [9.17, 15) is 0 Å². The summed E-state index contributed by atoms with van der Waals surface area (Å²) >= 11 is 6.77. The van der Waals surface area contributed by atoms with E-state index in [1.807, 2.05) is 6.07 Å². The molecular weight excluding hydrogens is 360 g/mol. The van der Waals surface area contributed by atoms with Gasteiger partial charge in [-0.25, -0.2) is 0 Å². The number of hydrogen-bond acceptors (Lipinski definition) is 3. The van der Waals surface area contributed by atoms with Gasteiger partial charge in [0, 0.05) is 12.6 Å². The van der Waals surface area contributed by atoms with E-state index in [1.165, 1.54) is 19.5 Å². The summed E-state index contributed by atoms with van der Waals surface area (Å²) in [6.45, 7) is 8.86. The minimum atomic E-state index is 0.673. The maximum Gasteiger partial charge on any atom is 0.183 e. The SMILES string of the molecule is CC(C)N1CCC(CNCc2cc(Br)c(Br)o2)C1. The van der Waals surface area contributed by atoms with Crippen LogP contribution in [0.2, 0.25) is 0 Å². The highest BCUT2D eigenvalue weighted by molar-refractivity contribution is 9.13. The molecule has 18 heavy (non-hydrogen) atoms. The highest BCUT2D eigenvalue weighted by Gasteiger charge is 2.23. The normalized spacial score (nSPS) is 21.1. The Hall–Kier alpha value is 0.160. The first kappa shape index (κ1) is 14.6. The Morgan fingerprint density at radius 3 is 2.83 bits per heavy atom. The average Bonchev–Trinajstić information content (AvgIpc) is 2.88. The molecule has 1 aliphatic rings. The van der Waals surface area contributed by atoms with E-state index in [-0.39, 0.29) is 0 Å². The predicted molar refractivity (Wildman–Crippen MR) is 80.6 cm³/mol. The van der Waals surface area contributed by atoms with Crippen LogP contribution in [0.3, 0.4) is 0 Å². The van der Waals surface area contributed by atoms with Gasteiger partial charge in [0.2, 0.25) is 0 Å². The van der Waals surface area contributed by atoms with Crippen LogP contribution >= 0.6 is 31.9 Å². The highest BCUT2D eigenvalue weighted by Crippen LogP contribution is 2.26. The molecule has 0 aromatic carbocycles. The monoisotopic (exact) mass is 378 g/mol. The molecular formula is C13H20Br2N2O. The first-order chi connectivity index (χ1) is 8.56. The molecule has 102 valence electrons. The fourth-order valence-corrected chi connectivity index (χ4v) is 3.03. The van der Waals surface area contributed by atoms with Gasteiger partial charge in [0.25, 0.3) is 0 Å². The molecule has 0 spiro atoms. The van der Waals surface area contributed by atoms with Crippen LogP contribution in [0, 0.1) is 5.92 Å². The summed E-state index contributed by atoms with van der Waals surface area (Å²) in [7, 11) is 0. The van der Waals surface area contributed by atoms with Crippen LogP contribution < -0.4 is 5.32 Å². The number of furan rings is 1. The second-order valence-electron chi connectivity index (χ2n) is 5.21. The molecule has 1 unspecified atom stereocenters. The van der Waals surface area contributed by atoms with E-state index in [4.69, 9.17) is 4.42 Å². The molecule has 1 aromatic heterocycles. The van der Waals surface area contributed by atoms with E-state index in [0.29, 0.717) is 6.04 Å². The Balaban J connectivity index is 1.70. The summed E-state index contributed by atoms with van der Waals surface area (Å²) in [5, 5.41) is 3.48. The van der Waals surface area contributed by atoms with E-state index < -0.39 is 0 Å². The van der Waals surface area contributed by atoms with Crippen molar-refractivity contribution < 1.29 is 4.42 Å². The van der Waals surface area contributed by atoms with Gasteiger partial charge >= 0.3 is 0 Å². The van der Waals surface area contributed by atoms with Crippen LogP contribution in [0.4, 0.5) is 0 Å². The third-order valence-corrected chi connectivity index (χ3v) is 5.19. The standard InChI is InChI=1S/C13H20Br2N2O/c1-9(2)17-4-3-10(8-17)6-16-7-11-5-12(14)13(15)18-11/h5,9-10,16H,3-4,6-8H2,1-2H3. The van der Waals surface area contributed by atoms with Crippen LogP contribution in [0.1, 0.15) is 26.0 Å². The zero-order valence-electron chi connectivity index (χ0n) is 10.9. The maximum absolute atomic E-state index is 5.54. The van der Waals surface area contributed by atoms with E-state index >= 15 is 0 Å².